The van der Waals surface area contributed by atoms with Gasteiger partial charge in [0.15, 0.2) is 5.82 Å². The topological polar surface area (TPSA) is 64.9 Å². The number of hydrogen-bond donors (Lipinski definition) is 1. The minimum absolute atomic E-state index is 0.325. The van der Waals surface area contributed by atoms with E-state index in [1.54, 1.807) is 0 Å². The Kier molecular flexibility index (Phi) is 2.97. The highest BCUT2D eigenvalue weighted by Crippen LogP contribution is 2.58. The van der Waals surface area contributed by atoms with Crippen LogP contribution >= 0.6 is 0 Å². The van der Waals surface area contributed by atoms with Crippen LogP contribution in [0.15, 0.2) is 4.52 Å². The third kappa shape index (κ3) is 2.31. The highest BCUT2D eigenvalue weighted by Gasteiger charge is 2.51. The Morgan fingerprint density at radius 2 is 1.95 bits per heavy atom. The summed E-state index contributed by atoms with van der Waals surface area (Å²) in [5.41, 5.74) is 6.48. The zero-order chi connectivity index (χ0) is 13.7. The van der Waals surface area contributed by atoms with Gasteiger partial charge in [0.05, 0.1) is 5.54 Å². The zero-order valence-electron chi connectivity index (χ0n) is 12.3. The molecule has 106 valence electrons. The van der Waals surface area contributed by atoms with E-state index < -0.39 is 0 Å². The quantitative estimate of drug-likeness (QED) is 0.908. The van der Waals surface area contributed by atoms with Crippen molar-refractivity contribution in [2.24, 2.45) is 17.1 Å². The molecular formula is C15H25N3O. The average molecular weight is 263 g/mol. The molecule has 2 saturated carbocycles. The number of hydrogen-bond acceptors (Lipinski definition) is 4. The van der Waals surface area contributed by atoms with Gasteiger partial charge in [-0.15, -0.1) is 0 Å². The molecule has 3 rings (SSSR count). The first-order valence-electron chi connectivity index (χ1n) is 7.57. The molecular weight excluding hydrogens is 238 g/mol. The molecule has 1 heterocycles. The van der Waals surface area contributed by atoms with E-state index in [1.165, 1.54) is 19.3 Å². The van der Waals surface area contributed by atoms with Crippen molar-refractivity contribution in [3.8, 4) is 0 Å². The summed E-state index contributed by atoms with van der Waals surface area (Å²) >= 11 is 0. The maximum atomic E-state index is 6.51. The molecule has 0 aliphatic heterocycles. The van der Waals surface area contributed by atoms with E-state index in [0.29, 0.717) is 11.3 Å². The molecule has 0 amide bonds. The molecule has 0 saturated heterocycles. The Labute approximate surface area is 115 Å². The van der Waals surface area contributed by atoms with Crippen LogP contribution in [0.25, 0.3) is 0 Å². The van der Waals surface area contributed by atoms with Crippen LogP contribution in [0, 0.1) is 11.3 Å². The summed E-state index contributed by atoms with van der Waals surface area (Å²) in [6, 6.07) is 0. The molecule has 0 radical (unpaired) electrons. The van der Waals surface area contributed by atoms with Crippen LogP contribution in [-0.4, -0.2) is 10.1 Å². The van der Waals surface area contributed by atoms with Crippen molar-refractivity contribution in [1.82, 2.24) is 10.1 Å². The molecule has 0 bridgehead atoms. The van der Waals surface area contributed by atoms with Crippen LogP contribution in [0.3, 0.4) is 0 Å². The van der Waals surface area contributed by atoms with Crippen LogP contribution < -0.4 is 5.73 Å². The monoisotopic (exact) mass is 263 g/mol. The largest absolute Gasteiger partial charge is 0.339 e. The summed E-state index contributed by atoms with van der Waals surface area (Å²) in [4.78, 5) is 4.61. The second kappa shape index (κ2) is 4.30. The molecule has 1 aromatic rings. The van der Waals surface area contributed by atoms with Gasteiger partial charge in [-0.05, 0) is 43.4 Å². The van der Waals surface area contributed by atoms with Gasteiger partial charge >= 0.3 is 0 Å². The zero-order valence-corrected chi connectivity index (χ0v) is 12.3. The summed E-state index contributed by atoms with van der Waals surface area (Å²) in [6.07, 6.45) is 6.74. The van der Waals surface area contributed by atoms with Crippen LogP contribution in [-0.2, 0) is 5.54 Å². The Morgan fingerprint density at radius 3 is 2.47 bits per heavy atom. The number of rotatable bonds is 3. The first-order chi connectivity index (χ1) is 8.94. The van der Waals surface area contributed by atoms with Crippen LogP contribution in [0.5, 0.6) is 0 Å². The summed E-state index contributed by atoms with van der Waals surface area (Å²) < 4.78 is 5.45. The van der Waals surface area contributed by atoms with Gasteiger partial charge in [0.1, 0.15) is 0 Å². The highest BCUT2D eigenvalue weighted by atomic mass is 16.5. The molecule has 0 spiro atoms. The Bertz CT molecular complexity index is 458. The normalized spacial score (nSPS) is 37.3. The van der Waals surface area contributed by atoms with Crippen molar-refractivity contribution in [3.63, 3.8) is 0 Å². The van der Waals surface area contributed by atoms with E-state index in [1.807, 2.05) is 0 Å². The first-order valence-corrected chi connectivity index (χ1v) is 7.57. The van der Waals surface area contributed by atoms with Gasteiger partial charge in [-0.1, -0.05) is 32.3 Å². The Hall–Kier alpha value is -0.900. The Balaban J connectivity index is 1.72. The lowest BCUT2D eigenvalue weighted by Gasteiger charge is -2.34. The standard InChI is InChI=1S/C15H25N3O/c1-4-10-5-7-15(16,8-6-10)13-17-12(19-18-13)11-9-14(11,2)3/h10-11H,4-9,16H2,1-3H3. The minimum atomic E-state index is -0.355. The fourth-order valence-corrected chi connectivity index (χ4v) is 3.29. The highest BCUT2D eigenvalue weighted by molar-refractivity contribution is 5.15. The van der Waals surface area contributed by atoms with E-state index in [9.17, 15) is 0 Å². The van der Waals surface area contributed by atoms with Gasteiger partial charge in [0.25, 0.3) is 0 Å². The van der Waals surface area contributed by atoms with E-state index in [4.69, 9.17) is 10.3 Å². The van der Waals surface area contributed by atoms with E-state index in [-0.39, 0.29) is 5.54 Å². The summed E-state index contributed by atoms with van der Waals surface area (Å²) in [6.45, 7) is 6.74. The Morgan fingerprint density at radius 1 is 1.32 bits per heavy atom. The molecule has 1 aromatic heterocycles. The summed E-state index contributed by atoms with van der Waals surface area (Å²) in [5, 5.41) is 4.18. The fraction of sp³-hybridized carbons (Fsp3) is 0.867. The summed E-state index contributed by atoms with van der Waals surface area (Å²) in [7, 11) is 0. The second-order valence-corrected chi connectivity index (χ2v) is 7.21. The van der Waals surface area contributed by atoms with Crippen LogP contribution in [0.2, 0.25) is 0 Å². The predicted molar refractivity (Wildman–Crippen MR) is 73.6 cm³/mol. The maximum Gasteiger partial charge on any atom is 0.230 e. The lowest BCUT2D eigenvalue weighted by molar-refractivity contribution is 0.216. The van der Waals surface area contributed by atoms with Crippen molar-refractivity contribution in [2.45, 2.75) is 70.8 Å². The van der Waals surface area contributed by atoms with Crippen molar-refractivity contribution >= 4 is 0 Å². The van der Waals surface area contributed by atoms with Crippen molar-refractivity contribution < 1.29 is 4.52 Å². The first kappa shape index (κ1) is 13.1. The lowest BCUT2D eigenvalue weighted by atomic mass is 9.76. The number of aromatic nitrogens is 2. The van der Waals surface area contributed by atoms with Gasteiger partial charge < -0.3 is 10.3 Å². The van der Waals surface area contributed by atoms with Crippen molar-refractivity contribution in [1.29, 1.82) is 0 Å². The second-order valence-electron chi connectivity index (χ2n) is 7.21. The van der Waals surface area contributed by atoms with E-state index in [2.05, 4.69) is 30.9 Å². The summed E-state index contributed by atoms with van der Waals surface area (Å²) in [5.74, 6) is 2.79. The molecule has 0 aromatic carbocycles. The smallest absolute Gasteiger partial charge is 0.230 e. The molecule has 1 atom stereocenters. The van der Waals surface area contributed by atoms with Crippen LogP contribution in [0.1, 0.15) is 76.9 Å². The molecule has 2 aliphatic carbocycles. The van der Waals surface area contributed by atoms with Crippen molar-refractivity contribution in [2.75, 3.05) is 0 Å². The van der Waals surface area contributed by atoms with Gasteiger partial charge in [-0.3, -0.25) is 0 Å². The third-order valence-electron chi connectivity index (χ3n) is 5.27. The molecule has 4 heteroatoms. The van der Waals surface area contributed by atoms with E-state index in [0.717, 1.165) is 36.9 Å². The van der Waals surface area contributed by atoms with Gasteiger partial charge in [-0.25, -0.2) is 0 Å². The van der Waals surface area contributed by atoms with Gasteiger partial charge in [0, 0.05) is 5.92 Å². The van der Waals surface area contributed by atoms with Gasteiger partial charge in [-0.2, -0.15) is 4.98 Å². The van der Waals surface area contributed by atoms with Gasteiger partial charge in [0.2, 0.25) is 5.89 Å². The molecule has 19 heavy (non-hydrogen) atoms. The molecule has 2 fully saturated rings. The van der Waals surface area contributed by atoms with E-state index >= 15 is 0 Å². The SMILES string of the molecule is CCC1CCC(N)(c2noc(C3CC3(C)C)n2)CC1. The molecule has 4 nitrogen and oxygen atoms in total. The number of nitrogens with two attached hydrogens (primary N) is 1. The average Bonchev–Trinajstić information content (AvgIpc) is 2.81. The maximum absolute atomic E-state index is 6.51. The number of nitrogens with zero attached hydrogens (tertiary/aromatic N) is 2. The van der Waals surface area contributed by atoms with Crippen LogP contribution in [0.4, 0.5) is 0 Å². The predicted octanol–water partition coefficient (Wildman–Crippen LogP) is 3.34. The minimum Gasteiger partial charge on any atom is -0.339 e. The fourth-order valence-electron chi connectivity index (χ4n) is 3.29. The molecule has 2 N–H and O–H groups in total. The molecule has 2 aliphatic rings. The van der Waals surface area contributed by atoms with Crippen molar-refractivity contribution in [3.05, 3.63) is 11.7 Å². The lowest BCUT2D eigenvalue weighted by Crippen LogP contribution is -2.41. The third-order valence-corrected chi connectivity index (χ3v) is 5.27. The molecule has 1 unspecified atom stereocenters.